The van der Waals surface area contributed by atoms with Gasteiger partial charge in [0.1, 0.15) is 0 Å². The lowest BCUT2D eigenvalue weighted by atomic mass is 9.66. The average molecular weight is 249 g/mol. The molecule has 1 spiro atoms. The zero-order chi connectivity index (χ0) is 12.6. The van der Waals surface area contributed by atoms with Crippen LogP contribution in [0.2, 0.25) is 0 Å². The van der Waals surface area contributed by atoms with E-state index in [1.54, 1.807) is 0 Å². The molecule has 1 aromatic rings. The molecule has 1 unspecified atom stereocenters. The molecule has 3 heterocycles. The van der Waals surface area contributed by atoms with Crippen LogP contribution >= 0.6 is 0 Å². The fourth-order valence-corrected chi connectivity index (χ4v) is 3.21. The van der Waals surface area contributed by atoms with Crippen molar-refractivity contribution < 1.29 is 4.74 Å². The van der Waals surface area contributed by atoms with E-state index in [1.165, 1.54) is 18.4 Å². The number of hydrogen-bond donors (Lipinski definition) is 1. The van der Waals surface area contributed by atoms with Crippen molar-refractivity contribution >= 4 is 0 Å². The topological polar surface area (TPSA) is 39.1 Å². The molecule has 0 aliphatic carbocycles. The van der Waals surface area contributed by atoms with Crippen LogP contribution in [-0.2, 0) is 11.3 Å². The van der Waals surface area contributed by atoms with Crippen LogP contribution in [0.4, 0.5) is 0 Å². The number of nitrogens with zero attached hydrogens (tertiary/aromatic N) is 2. The molecule has 3 rings (SSSR count). The first-order valence-corrected chi connectivity index (χ1v) is 7.03. The van der Waals surface area contributed by atoms with Crippen LogP contribution in [0.3, 0.4) is 0 Å². The molecule has 4 heteroatoms. The maximum absolute atomic E-state index is 5.49. The van der Waals surface area contributed by atoms with Gasteiger partial charge in [-0.15, -0.1) is 0 Å². The Balaban J connectivity index is 1.72. The number of hydrogen-bond acceptors (Lipinski definition) is 3. The molecule has 4 nitrogen and oxygen atoms in total. The molecule has 0 amide bonds. The standard InChI is InChI=1S/C14H23N3O/c1-11(2)8-17-9-12(7-16-17)13-14(10-15-13)3-5-18-6-4-14/h7,9,11,13,15H,3-6,8,10H2,1-2H3. The first-order valence-electron chi connectivity index (χ1n) is 7.03. The van der Waals surface area contributed by atoms with Gasteiger partial charge in [-0.25, -0.2) is 0 Å². The molecule has 1 atom stereocenters. The summed E-state index contributed by atoms with van der Waals surface area (Å²) in [5.41, 5.74) is 1.79. The van der Waals surface area contributed by atoms with Crippen LogP contribution in [0.25, 0.3) is 0 Å². The summed E-state index contributed by atoms with van der Waals surface area (Å²) in [7, 11) is 0. The first kappa shape index (κ1) is 12.2. The number of ether oxygens (including phenoxy) is 1. The Morgan fingerprint density at radius 1 is 1.50 bits per heavy atom. The van der Waals surface area contributed by atoms with Crippen LogP contribution < -0.4 is 5.32 Å². The van der Waals surface area contributed by atoms with Gasteiger partial charge >= 0.3 is 0 Å². The summed E-state index contributed by atoms with van der Waals surface area (Å²) in [6.07, 6.45) is 6.62. The van der Waals surface area contributed by atoms with E-state index in [-0.39, 0.29) is 0 Å². The highest BCUT2D eigenvalue weighted by atomic mass is 16.5. The molecule has 0 radical (unpaired) electrons. The maximum atomic E-state index is 5.49. The molecule has 2 aliphatic rings. The van der Waals surface area contributed by atoms with Gasteiger partial charge in [0.15, 0.2) is 0 Å². The summed E-state index contributed by atoms with van der Waals surface area (Å²) in [5.74, 6) is 0.643. The summed E-state index contributed by atoms with van der Waals surface area (Å²) < 4.78 is 7.57. The lowest BCUT2D eigenvalue weighted by Crippen LogP contribution is -2.58. The van der Waals surface area contributed by atoms with E-state index < -0.39 is 0 Å². The Bertz CT molecular complexity index is 407. The highest BCUT2D eigenvalue weighted by Crippen LogP contribution is 2.48. The van der Waals surface area contributed by atoms with Crippen molar-refractivity contribution in [1.82, 2.24) is 15.1 Å². The van der Waals surface area contributed by atoms with Gasteiger partial charge in [-0.2, -0.15) is 5.10 Å². The quantitative estimate of drug-likeness (QED) is 0.890. The number of rotatable bonds is 3. The zero-order valence-electron chi connectivity index (χ0n) is 11.4. The second-order valence-corrected chi connectivity index (χ2v) is 6.18. The van der Waals surface area contributed by atoms with Crippen molar-refractivity contribution in [2.45, 2.75) is 39.3 Å². The molecule has 100 valence electrons. The molecule has 0 bridgehead atoms. The van der Waals surface area contributed by atoms with Crippen molar-refractivity contribution in [2.75, 3.05) is 19.8 Å². The third kappa shape index (κ3) is 2.08. The minimum Gasteiger partial charge on any atom is -0.381 e. The van der Waals surface area contributed by atoms with Crippen LogP contribution in [-0.4, -0.2) is 29.5 Å². The average Bonchev–Trinajstić information content (AvgIpc) is 2.76. The molecule has 18 heavy (non-hydrogen) atoms. The van der Waals surface area contributed by atoms with Gasteiger partial charge < -0.3 is 10.1 Å². The third-order valence-electron chi connectivity index (χ3n) is 4.30. The minimum atomic E-state index is 0.434. The van der Waals surface area contributed by atoms with E-state index in [0.29, 0.717) is 17.4 Å². The summed E-state index contributed by atoms with van der Waals surface area (Å²) in [5, 5.41) is 8.06. The maximum Gasteiger partial charge on any atom is 0.0537 e. The molecule has 0 aromatic carbocycles. The van der Waals surface area contributed by atoms with Crippen LogP contribution in [0.5, 0.6) is 0 Å². The molecule has 2 saturated heterocycles. The monoisotopic (exact) mass is 249 g/mol. The first-order chi connectivity index (χ1) is 8.70. The van der Waals surface area contributed by atoms with E-state index in [0.717, 1.165) is 26.3 Å². The van der Waals surface area contributed by atoms with Crippen molar-refractivity contribution in [3.63, 3.8) is 0 Å². The lowest BCUT2D eigenvalue weighted by Gasteiger charge is -2.52. The second-order valence-electron chi connectivity index (χ2n) is 6.18. The molecule has 1 aromatic heterocycles. The largest absolute Gasteiger partial charge is 0.381 e. The van der Waals surface area contributed by atoms with Crippen LogP contribution in [0.15, 0.2) is 12.4 Å². The smallest absolute Gasteiger partial charge is 0.0537 e. The lowest BCUT2D eigenvalue weighted by molar-refractivity contribution is -0.0479. The van der Waals surface area contributed by atoms with Gasteiger partial charge in [-0.3, -0.25) is 4.68 Å². The summed E-state index contributed by atoms with van der Waals surface area (Å²) in [6, 6.07) is 0.488. The fourth-order valence-electron chi connectivity index (χ4n) is 3.21. The third-order valence-corrected chi connectivity index (χ3v) is 4.30. The molecular formula is C14H23N3O. The van der Waals surface area contributed by atoms with E-state index in [4.69, 9.17) is 4.74 Å². The summed E-state index contributed by atoms with van der Waals surface area (Å²) in [6.45, 7) is 8.42. The molecular weight excluding hydrogens is 226 g/mol. The van der Waals surface area contributed by atoms with Gasteiger partial charge in [0.25, 0.3) is 0 Å². The zero-order valence-corrected chi connectivity index (χ0v) is 11.4. The van der Waals surface area contributed by atoms with Gasteiger partial charge in [0, 0.05) is 49.5 Å². The van der Waals surface area contributed by atoms with Gasteiger partial charge in [-0.05, 0) is 18.8 Å². The van der Waals surface area contributed by atoms with Gasteiger partial charge in [-0.1, -0.05) is 13.8 Å². The number of aromatic nitrogens is 2. The SMILES string of the molecule is CC(C)Cn1cc(C2NCC23CCOCC3)cn1. The van der Waals surface area contributed by atoms with E-state index in [9.17, 15) is 0 Å². The van der Waals surface area contributed by atoms with E-state index >= 15 is 0 Å². The Kier molecular flexibility index (Phi) is 3.16. The predicted octanol–water partition coefficient (Wildman–Crippen LogP) is 1.98. The normalized spacial score (nSPS) is 26.5. The minimum absolute atomic E-state index is 0.434. The summed E-state index contributed by atoms with van der Waals surface area (Å²) in [4.78, 5) is 0. The fraction of sp³-hybridized carbons (Fsp3) is 0.786. The number of nitrogens with one attached hydrogen (secondary N) is 1. The van der Waals surface area contributed by atoms with Crippen LogP contribution in [0, 0.1) is 11.3 Å². The summed E-state index contributed by atoms with van der Waals surface area (Å²) >= 11 is 0. The molecule has 2 fully saturated rings. The van der Waals surface area contributed by atoms with Gasteiger partial charge in [0.2, 0.25) is 0 Å². The van der Waals surface area contributed by atoms with Crippen molar-refractivity contribution in [3.8, 4) is 0 Å². The van der Waals surface area contributed by atoms with Crippen LogP contribution in [0.1, 0.15) is 38.3 Å². The van der Waals surface area contributed by atoms with Gasteiger partial charge in [0.05, 0.1) is 6.20 Å². The Hall–Kier alpha value is -0.870. The second kappa shape index (κ2) is 4.67. The van der Waals surface area contributed by atoms with Crippen molar-refractivity contribution in [3.05, 3.63) is 18.0 Å². The Morgan fingerprint density at radius 3 is 2.89 bits per heavy atom. The van der Waals surface area contributed by atoms with Crippen molar-refractivity contribution in [1.29, 1.82) is 0 Å². The molecule has 2 aliphatic heterocycles. The van der Waals surface area contributed by atoms with E-state index in [1.807, 2.05) is 6.20 Å². The molecule has 1 N–H and O–H groups in total. The predicted molar refractivity (Wildman–Crippen MR) is 70.3 cm³/mol. The highest BCUT2D eigenvalue weighted by molar-refractivity contribution is 5.20. The Labute approximate surface area is 109 Å². The van der Waals surface area contributed by atoms with Crippen molar-refractivity contribution in [2.24, 2.45) is 11.3 Å². The highest BCUT2D eigenvalue weighted by Gasteiger charge is 2.48. The Morgan fingerprint density at radius 2 is 2.28 bits per heavy atom. The molecule has 0 saturated carbocycles. The van der Waals surface area contributed by atoms with E-state index in [2.05, 4.69) is 35.1 Å².